The van der Waals surface area contributed by atoms with Crippen LogP contribution >= 0.6 is 0 Å². The van der Waals surface area contributed by atoms with Gasteiger partial charge in [0.05, 0.1) is 0 Å². The summed E-state index contributed by atoms with van der Waals surface area (Å²) in [6.45, 7) is 3.32. The number of benzene rings is 2. The predicted molar refractivity (Wildman–Crippen MR) is 122 cm³/mol. The van der Waals surface area contributed by atoms with Crippen LogP contribution in [0.4, 0.5) is 0 Å². The lowest BCUT2D eigenvalue weighted by Gasteiger charge is -2.37. The van der Waals surface area contributed by atoms with Crippen LogP contribution in [0.2, 0.25) is 0 Å². The largest absolute Gasteiger partial charge is 0.485 e. The second-order valence-corrected chi connectivity index (χ2v) is 8.83. The molecule has 2 aromatic carbocycles. The van der Waals surface area contributed by atoms with Crippen LogP contribution in [0.1, 0.15) is 62.2 Å². The van der Waals surface area contributed by atoms with E-state index in [2.05, 4.69) is 25.1 Å². The summed E-state index contributed by atoms with van der Waals surface area (Å²) >= 11 is 0. The Kier molecular flexibility index (Phi) is 7.92. The van der Waals surface area contributed by atoms with E-state index in [9.17, 15) is 4.79 Å². The zero-order valence-electron chi connectivity index (χ0n) is 18.5. The first-order valence-electron chi connectivity index (χ1n) is 11.2. The molecule has 0 radical (unpaired) electrons. The monoisotopic (exact) mass is 408 g/mol. The number of hydrogen-bond acceptors (Lipinski definition) is 3. The highest BCUT2D eigenvalue weighted by Crippen LogP contribution is 2.38. The fourth-order valence-electron chi connectivity index (χ4n) is 4.45. The first-order chi connectivity index (χ1) is 14.5. The Hall–Kier alpha value is -2.33. The molecular weight excluding hydrogens is 372 g/mol. The Balaban J connectivity index is 1.64. The minimum Gasteiger partial charge on any atom is -0.485 e. The molecule has 3 rings (SSSR count). The summed E-state index contributed by atoms with van der Waals surface area (Å²) in [6.07, 6.45) is 7.01. The van der Waals surface area contributed by atoms with Crippen molar-refractivity contribution in [1.29, 1.82) is 0 Å². The summed E-state index contributed by atoms with van der Waals surface area (Å²) in [5.74, 6) is 1.09. The second kappa shape index (κ2) is 10.6. The van der Waals surface area contributed by atoms with Gasteiger partial charge in [0, 0.05) is 26.4 Å². The van der Waals surface area contributed by atoms with Crippen molar-refractivity contribution < 1.29 is 9.53 Å². The van der Waals surface area contributed by atoms with Crippen LogP contribution in [0.3, 0.4) is 0 Å². The summed E-state index contributed by atoms with van der Waals surface area (Å²) in [5.41, 5.74) is 8.34. The first-order valence-corrected chi connectivity index (χ1v) is 11.2. The maximum atomic E-state index is 13.0. The smallest absolute Gasteiger partial charge is 0.222 e. The molecule has 0 aromatic heterocycles. The quantitative estimate of drug-likeness (QED) is 0.615. The van der Waals surface area contributed by atoms with Gasteiger partial charge >= 0.3 is 0 Å². The molecule has 4 heteroatoms. The van der Waals surface area contributed by atoms with Crippen LogP contribution in [-0.2, 0) is 4.79 Å². The molecule has 2 aromatic rings. The van der Waals surface area contributed by atoms with Crippen molar-refractivity contribution in [1.82, 2.24) is 4.90 Å². The summed E-state index contributed by atoms with van der Waals surface area (Å²) in [5, 5.41) is 0. The Morgan fingerprint density at radius 3 is 2.40 bits per heavy atom. The topological polar surface area (TPSA) is 55.6 Å². The van der Waals surface area contributed by atoms with E-state index >= 15 is 0 Å². The number of ether oxygens (including phenoxy) is 1. The third-order valence-electron chi connectivity index (χ3n) is 6.56. The second-order valence-electron chi connectivity index (χ2n) is 8.83. The highest BCUT2D eigenvalue weighted by Gasteiger charge is 2.34. The molecule has 0 saturated heterocycles. The number of carbonyl (C=O) groups excluding carboxylic acids is 1. The lowest BCUT2D eigenvalue weighted by Crippen LogP contribution is -2.39. The molecule has 162 valence electrons. The number of rotatable bonds is 9. The predicted octanol–water partition coefficient (Wildman–Crippen LogP) is 5.26. The van der Waals surface area contributed by atoms with Crippen molar-refractivity contribution in [3.8, 4) is 5.75 Å². The normalized spacial score (nSPS) is 16.6. The zero-order valence-corrected chi connectivity index (χ0v) is 18.5. The molecule has 0 heterocycles. The van der Waals surface area contributed by atoms with E-state index in [1.807, 2.05) is 48.3 Å². The highest BCUT2D eigenvalue weighted by atomic mass is 16.5. The summed E-state index contributed by atoms with van der Waals surface area (Å²) < 4.78 is 6.39. The van der Waals surface area contributed by atoms with Crippen molar-refractivity contribution in [3.63, 3.8) is 0 Å². The van der Waals surface area contributed by atoms with Crippen LogP contribution < -0.4 is 10.5 Å². The Labute approximate surface area is 181 Å². The molecule has 1 unspecified atom stereocenters. The Bertz CT molecular complexity index is 800. The number of nitrogens with zero attached hydrogens (tertiary/aromatic N) is 1. The zero-order chi connectivity index (χ0) is 21.4. The van der Waals surface area contributed by atoms with E-state index in [-0.39, 0.29) is 17.4 Å². The third kappa shape index (κ3) is 5.85. The number of carbonyl (C=O) groups is 1. The van der Waals surface area contributed by atoms with Crippen molar-refractivity contribution in [3.05, 3.63) is 65.7 Å². The van der Waals surface area contributed by atoms with E-state index in [0.29, 0.717) is 19.5 Å². The van der Waals surface area contributed by atoms with Gasteiger partial charge < -0.3 is 15.4 Å². The van der Waals surface area contributed by atoms with Crippen molar-refractivity contribution >= 4 is 5.91 Å². The van der Waals surface area contributed by atoms with Gasteiger partial charge in [-0.15, -0.1) is 0 Å². The molecule has 1 saturated carbocycles. The average Bonchev–Trinajstić information content (AvgIpc) is 2.78. The average molecular weight is 409 g/mol. The summed E-state index contributed by atoms with van der Waals surface area (Å²) in [6, 6.07) is 18.4. The van der Waals surface area contributed by atoms with Crippen LogP contribution in [0.5, 0.6) is 5.75 Å². The Morgan fingerprint density at radius 1 is 1.07 bits per heavy atom. The maximum Gasteiger partial charge on any atom is 0.222 e. The minimum absolute atomic E-state index is 0.0000749. The Morgan fingerprint density at radius 2 is 1.73 bits per heavy atom. The lowest BCUT2D eigenvalue weighted by molar-refractivity contribution is -0.133. The van der Waals surface area contributed by atoms with E-state index < -0.39 is 0 Å². The number of para-hydroxylation sites is 1. The molecule has 1 atom stereocenters. The fraction of sp³-hybridized carbons (Fsp3) is 0.500. The van der Waals surface area contributed by atoms with Gasteiger partial charge in [-0.1, -0.05) is 67.8 Å². The molecule has 1 aliphatic rings. The molecule has 4 nitrogen and oxygen atoms in total. The highest BCUT2D eigenvalue weighted by molar-refractivity contribution is 5.76. The molecular formula is C26H36N2O2. The molecule has 30 heavy (non-hydrogen) atoms. The number of nitrogens with two attached hydrogens (primary N) is 1. The molecule has 2 N–H and O–H groups in total. The first kappa shape index (κ1) is 22.4. The van der Waals surface area contributed by atoms with E-state index in [0.717, 1.165) is 36.1 Å². The standard InChI is InChI=1S/C26H36N2O2/c1-21-11-7-8-14-23(21)30-24(22-12-5-3-6-13-22)15-18-28(2)25(29)19-26(20-27)16-9-4-10-17-26/h3,5-8,11-14,24H,4,9-10,15-20,27H2,1-2H3. The van der Waals surface area contributed by atoms with Crippen molar-refractivity contribution in [2.24, 2.45) is 11.1 Å². The molecule has 1 fully saturated rings. The maximum absolute atomic E-state index is 13.0. The van der Waals surface area contributed by atoms with Crippen LogP contribution in [0, 0.1) is 12.3 Å². The molecule has 1 aliphatic carbocycles. The fourth-order valence-corrected chi connectivity index (χ4v) is 4.45. The van der Waals surface area contributed by atoms with Crippen molar-refractivity contribution in [2.75, 3.05) is 20.1 Å². The number of amides is 1. The number of aryl methyl sites for hydroxylation is 1. The molecule has 0 bridgehead atoms. The summed E-state index contributed by atoms with van der Waals surface area (Å²) in [4.78, 5) is 14.8. The van der Waals surface area contributed by atoms with Crippen molar-refractivity contribution in [2.45, 2.75) is 58.0 Å². The number of hydrogen-bond donors (Lipinski definition) is 1. The lowest BCUT2D eigenvalue weighted by atomic mass is 9.71. The summed E-state index contributed by atoms with van der Waals surface area (Å²) in [7, 11) is 1.91. The molecule has 0 aliphatic heterocycles. The minimum atomic E-state index is -0.0966. The van der Waals surface area contributed by atoms with Gasteiger partial charge in [-0.05, 0) is 48.9 Å². The van der Waals surface area contributed by atoms with Crippen LogP contribution in [0.25, 0.3) is 0 Å². The van der Waals surface area contributed by atoms with Gasteiger partial charge in [-0.2, -0.15) is 0 Å². The molecule has 0 spiro atoms. The van der Waals surface area contributed by atoms with E-state index in [1.54, 1.807) is 0 Å². The molecule has 1 amide bonds. The van der Waals surface area contributed by atoms with Gasteiger partial charge in [0.15, 0.2) is 0 Å². The van der Waals surface area contributed by atoms with Gasteiger partial charge in [0.2, 0.25) is 5.91 Å². The van der Waals surface area contributed by atoms with Gasteiger partial charge in [-0.3, -0.25) is 4.79 Å². The van der Waals surface area contributed by atoms with Gasteiger partial charge in [0.1, 0.15) is 11.9 Å². The van der Waals surface area contributed by atoms with E-state index in [1.165, 1.54) is 19.3 Å². The van der Waals surface area contributed by atoms with Gasteiger partial charge in [-0.25, -0.2) is 0 Å². The van der Waals surface area contributed by atoms with Crippen LogP contribution in [-0.4, -0.2) is 30.9 Å². The SMILES string of the molecule is Cc1ccccc1OC(CCN(C)C(=O)CC1(CN)CCCCC1)c1ccccc1. The van der Waals surface area contributed by atoms with Gasteiger partial charge in [0.25, 0.3) is 0 Å². The third-order valence-corrected chi connectivity index (χ3v) is 6.56. The van der Waals surface area contributed by atoms with Crippen LogP contribution in [0.15, 0.2) is 54.6 Å². The van der Waals surface area contributed by atoms with E-state index in [4.69, 9.17) is 10.5 Å².